The molecule has 3 atom stereocenters. The van der Waals surface area contributed by atoms with Crippen molar-refractivity contribution < 1.29 is 8.83 Å². The van der Waals surface area contributed by atoms with E-state index in [4.69, 9.17) is 8.83 Å². The first-order valence-electron chi connectivity index (χ1n) is 14.1. The van der Waals surface area contributed by atoms with Crippen LogP contribution in [-0.4, -0.2) is 0 Å². The minimum atomic E-state index is 0.302. The molecule has 0 amide bonds. The highest BCUT2D eigenvalue weighted by Gasteiger charge is 2.41. The second-order valence-electron chi connectivity index (χ2n) is 11.2. The van der Waals surface area contributed by atoms with Crippen LogP contribution < -0.4 is 0 Å². The zero-order valence-corrected chi connectivity index (χ0v) is 21.9. The Morgan fingerprint density at radius 1 is 0.675 bits per heavy atom. The monoisotopic (exact) mass is 514 g/mol. The Hall–Kier alpha value is -4.82. The lowest BCUT2D eigenvalue weighted by molar-refractivity contribution is 0.419. The summed E-state index contributed by atoms with van der Waals surface area (Å²) in [6.07, 6.45) is 17.1. The van der Waals surface area contributed by atoms with Crippen molar-refractivity contribution >= 4 is 49.5 Å². The van der Waals surface area contributed by atoms with Crippen molar-refractivity contribution in [3.8, 4) is 0 Å². The molecular formula is C38H26O2. The van der Waals surface area contributed by atoms with Gasteiger partial charge in [-0.15, -0.1) is 0 Å². The minimum absolute atomic E-state index is 0.302. The summed E-state index contributed by atoms with van der Waals surface area (Å²) in [5, 5.41) is 4.47. The van der Waals surface area contributed by atoms with Crippen LogP contribution in [0.4, 0.5) is 0 Å². The van der Waals surface area contributed by atoms with E-state index < -0.39 is 0 Å². The third-order valence-electron chi connectivity index (χ3n) is 9.11. The summed E-state index contributed by atoms with van der Waals surface area (Å²) >= 11 is 0. The predicted octanol–water partition coefficient (Wildman–Crippen LogP) is 10.3. The van der Waals surface area contributed by atoms with E-state index in [-0.39, 0.29) is 0 Å². The molecule has 0 aliphatic heterocycles. The standard InChI is InChI=1S/C38H26O2/c1-2-10-23(11-3-1)35-26-13-4-6-15-28(26)36(29-16-7-5-14-27(29)35)24-18-20-33-31(22-24)37-34(39-33)21-19-30-25-12-8-9-17-32(25)40-38(30)37/h1-15,17-22,28-29,36H,16H2. The van der Waals surface area contributed by atoms with Crippen LogP contribution >= 0.6 is 0 Å². The number of benzene rings is 4. The first-order valence-corrected chi connectivity index (χ1v) is 14.1. The molecule has 3 aliphatic carbocycles. The third kappa shape index (κ3) is 3.05. The molecule has 9 rings (SSSR count). The summed E-state index contributed by atoms with van der Waals surface area (Å²) in [5.74, 6) is 1.02. The van der Waals surface area contributed by atoms with Gasteiger partial charge < -0.3 is 8.83 Å². The molecule has 2 nitrogen and oxygen atoms in total. The van der Waals surface area contributed by atoms with Crippen molar-refractivity contribution in [2.75, 3.05) is 0 Å². The SMILES string of the molecule is C1=CCC2C(=C1)C(c1ccccc1)=C1C=CC=CC1C2c1ccc2oc3ccc4c5ccccc5oc4c3c2c1. The van der Waals surface area contributed by atoms with E-state index in [2.05, 4.69) is 115 Å². The van der Waals surface area contributed by atoms with E-state index in [0.717, 1.165) is 50.3 Å². The van der Waals surface area contributed by atoms with Gasteiger partial charge in [0.05, 0.1) is 5.39 Å². The van der Waals surface area contributed by atoms with Crippen molar-refractivity contribution in [2.45, 2.75) is 12.3 Å². The van der Waals surface area contributed by atoms with Gasteiger partial charge in [-0.25, -0.2) is 0 Å². The Balaban J connectivity index is 1.29. The maximum absolute atomic E-state index is 6.45. The molecule has 2 heterocycles. The molecule has 0 saturated heterocycles. The van der Waals surface area contributed by atoms with Gasteiger partial charge in [-0.2, -0.15) is 0 Å². The fourth-order valence-corrected chi connectivity index (χ4v) is 7.44. The maximum Gasteiger partial charge on any atom is 0.147 e. The normalized spacial score (nSPS) is 21.9. The molecule has 2 aromatic heterocycles. The van der Waals surface area contributed by atoms with E-state index in [9.17, 15) is 0 Å². The van der Waals surface area contributed by atoms with Gasteiger partial charge in [-0.05, 0) is 70.5 Å². The van der Waals surface area contributed by atoms with Crippen LogP contribution in [0.1, 0.15) is 23.5 Å². The number of hydrogen-bond acceptors (Lipinski definition) is 2. The molecule has 0 N–H and O–H groups in total. The number of rotatable bonds is 2. The van der Waals surface area contributed by atoms with Crippen molar-refractivity contribution in [3.63, 3.8) is 0 Å². The van der Waals surface area contributed by atoms with Crippen molar-refractivity contribution in [1.29, 1.82) is 0 Å². The highest BCUT2D eigenvalue weighted by molar-refractivity contribution is 6.22. The fourth-order valence-electron chi connectivity index (χ4n) is 7.44. The molecule has 190 valence electrons. The van der Waals surface area contributed by atoms with E-state index in [1.807, 2.05) is 12.1 Å². The van der Waals surface area contributed by atoms with Gasteiger partial charge in [-0.1, -0.05) is 97.1 Å². The molecule has 3 unspecified atom stereocenters. The quantitative estimate of drug-likeness (QED) is 0.230. The molecule has 6 aromatic rings. The second-order valence-corrected chi connectivity index (χ2v) is 11.2. The summed E-state index contributed by atoms with van der Waals surface area (Å²) in [7, 11) is 0. The van der Waals surface area contributed by atoms with Crippen LogP contribution in [0.5, 0.6) is 0 Å². The zero-order valence-electron chi connectivity index (χ0n) is 21.9. The molecular weight excluding hydrogens is 488 g/mol. The molecule has 0 bridgehead atoms. The number of allylic oxidation sites excluding steroid dienone is 10. The lowest BCUT2D eigenvalue weighted by Gasteiger charge is -2.43. The molecule has 0 saturated carbocycles. The summed E-state index contributed by atoms with van der Waals surface area (Å²) in [6, 6.07) is 30.2. The first-order chi connectivity index (χ1) is 19.8. The summed E-state index contributed by atoms with van der Waals surface area (Å²) in [6.45, 7) is 0. The van der Waals surface area contributed by atoms with E-state index >= 15 is 0 Å². The molecule has 0 radical (unpaired) electrons. The number of furan rings is 2. The molecule has 4 aromatic carbocycles. The highest BCUT2D eigenvalue weighted by atomic mass is 16.3. The van der Waals surface area contributed by atoms with E-state index in [0.29, 0.717) is 17.8 Å². The van der Waals surface area contributed by atoms with Gasteiger partial charge in [0.2, 0.25) is 0 Å². The fraction of sp³-hybridized carbons (Fsp3) is 0.105. The second kappa shape index (κ2) is 8.34. The largest absolute Gasteiger partial charge is 0.456 e. The van der Waals surface area contributed by atoms with Crippen LogP contribution in [0.2, 0.25) is 0 Å². The Morgan fingerprint density at radius 2 is 1.52 bits per heavy atom. The van der Waals surface area contributed by atoms with Gasteiger partial charge in [-0.3, -0.25) is 0 Å². The van der Waals surface area contributed by atoms with Gasteiger partial charge in [0.1, 0.15) is 22.3 Å². The lowest BCUT2D eigenvalue weighted by atomic mass is 9.60. The molecule has 0 fully saturated rings. The molecule has 2 heteroatoms. The minimum Gasteiger partial charge on any atom is -0.456 e. The van der Waals surface area contributed by atoms with E-state index in [1.165, 1.54) is 27.8 Å². The third-order valence-corrected chi connectivity index (χ3v) is 9.11. The van der Waals surface area contributed by atoms with Crippen LogP contribution in [0.25, 0.3) is 49.5 Å². The van der Waals surface area contributed by atoms with Gasteiger partial charge in [0.15, 0.2) is 0 Å². The van der Waals surface area contributed by atoms with Crippen LogP contribution in [0.15, 0.2) is 147 Å². The maximum atomic E-state index is 6.45. The molecule has 0 spiro atoms. The lowest BCUT2D eigenvalue weighted by Crippen LogP contribution is -2.30. The number of fused-ring (bicyclic) bond motifs is 9. The van der Waals surface area contributed by atoms with Crippen LogP contribution in [0.3, 0.4) is 0 Å². The Morgan fingerprint density at radius 3 is 2.48 bits per heavy atom. The molecule has 3 aliphatic rings. The average Bonchev–Trinajstić information content (AvgIpc) is 3.58. The van der Waals surface area contributed by atoms with Crippen molar-refractivity contribution in [2.24, 2.45) is 11.8 Å². The van der Waals surface area contributed by atoms with Crippen LogP contribution in [0, 0.1) is 11.8 Å². The van der Waals surface area contributed by atoms with Gasteiger partial charge in [0, 0.05) is 28.0 Å². The van der Waals surface area contributed by atoms with Gasteiger partial charge in [0.25, 0.3) is 0 Å². The zero-order chi connectivity index (χ0) is 26.2. The first kappa shape index (κ1) is 22.0. The van der Waals surface area contributed by atoms with Crippen molar-refractivity contribution in [1.82, 2.24) is 0 Å². The average molecular weight is 515 g/mol. The summed E-state index contributed by atoms with van der Waals surface area (Å²) in [5.41, 5.74) is 10.5. The topological polar surface area (TPSA) is 26.3 Å². The Labute approximate surface area is 231 Å². The van der Waals surface area contributed by atoms with Crippen molar-refractivity contribution in [3.05, 3.63) is 150 Å². The molecule has 40 heavy (non-hydrogen) atoms. The summed E-state index contributed by atoms with van der Waals surface area (Å²) < 4.78 is 12.8. The Bertz CT molecular complexity index is 2140. The van der Waals surface area contributed by atoms with Gasteiger partial charge >= 0.3 is 0 Å². The van der Waals surface area contributed by atoms with E-state index in [1.54, 1.807) is 0 Å². The number of hydrogen-bond donors (Lipinski definition) is 0. The smallest absolute Gasteiger partial charge is 0.147 e. The van der Waals surface area contributed by atoms with Crippen LogP contribution in [-0.2, 0) is 0 Å². The summed E-state index contributed by atoms with van der Waals surface area (Å²) in [4.78, 5) is 0. The number of para-hydroxylation sites is 1. The Kier molecular flexibility index (Phi) is 4.59. The highest BCUT2D eigenvalue weighted by Crippen LogP contribution is 2.55. The predicted molar refractivity (Wildman–Crippen MR) is 164 cm³/mol.